The lowest BCUT2D eigenvalue weighted by Gasteiger charge is -2.33. The maximum Gasteiger partial charge on any atom is 0.244 e. The predicted octanol–water partition coefficient (Wildman–Crippen LogP) is 4.52. The van der Waals surface area contributed by atoms with Crippen LogP contribution in [-0.4, -0.2) is 56.6 Å². The normalized spacial score (nSPS) is 13.1. The van der Waals surface area contributed by atoms with E-state index in [1.165, 1.54) is 23.1 Å². The first kappa shape index (κ1) is 28.9. The molecule has 2 unspecified atom stereocenters. The molecule has 0 aromatic heterocycles. The van der Waals surface area contributed by atoms with Crippen LogP contribution in [0.3, 0.4) is 0 Å². The van der Waals surface area contributed by atoms with Crippen molar-refractivity contribution in [1.29, 1.82) is 0 Å². The van der Waals surface area contributed by atoms with Gasteiger partial charge >= 0.3 is 0 Å². The third kappa shape index (κ3) is 8.40. The van der Waals surface area contributed by atoms with Crippen LogP contribution in [0.25, 0.3) is 0 Å². The molecule has 192 valence electrons. The van der Waals surface area contributed by atoms with Crippen LogP contribution in [0, 0.1) is 0 Å². The van der Waals surface area contributed by atoms with Crippen molar-refractivity contribution in [2.45, 2.75) is 52.1 Å². The number of carbonyl (C=O) groups is 2. The van der Waals surface area contributed by atoms with Gasteiger partial charge < -0.3 is 10.2 Å². The molecule has 2 aromatic rings. The number of hydrogen-bond donors (Lipinski definition) is 1. The molecule has 0 heterocycles. The van der Waals surface area contributed by atoms with Crippen LogP contribution in [0.15, 0.2) is 48.5 Å². The number of sulfonamides is 1. The van der Waals surface area contributed by atoms with Crippen molar-refractivity contribution in [3.63, 3.8) is 0 Å². The lowest BCUT2D eigenvalue weighted by Crippen LogP contribution is -2.54. The Kier molecular flexibility index (Phi) is 10.9. The van der Waals surface area contributed by atoms with Crippen molar-refractivity contribution in [3.8, 4) is 0 Å². The van der Waals surface area contributed by atoms with Gasteiger partial charge in [0.2, 0.25) is 21.8 Å². The highest BCUT2D eigenvalue weighted by Crippen LogP contribution is 2.28. The molecule has 2 aromatic carbocycles. The molecule has 10 heteroatoms. The van der Waals surface area contributed by atoms with Gasteiger partial charge in [0.1, 0.15) is 12.6 Å². The fourth-order valence-electron chi connectivity index (χ4n) is 3.59. The number of halogens is 2. The molecule has 1 N–H and O–H groups in total. The third-order valence-corrected chi connectivity index (χ3v) is 7.62. The number of amides is 2. The van der Waals surface area contributed by atoms with Crippen LogP contribution in [0.1, 0.15) is 39.2 Å². The molecule has 0 fully saturated rings. The fourth-order valence-corrected chi connectivity index (χ4v) is 4.72. The second-order valence-electron chi connectivity index (χ2n) is 8.43. The summed E-state index contributed by atoms with van der Waals surface area (Å²) in [5.41, 5.74) is 1.22. The van der Waals surface area contributed by atoms with E-state index >= 15 is 0 Å². The van der Waals surface area contributed by atoms with Crippen molar-refractivity contribution in [2.24, 2.45) is 0 Å². The Morgan fingerprint density at radius 2 is 1.66 bits per heavy atom. The van der Waals surface area contributed by atoms with Crippen molar-refractivity contribution >= 4 is 50.7 Å². The Balaban J connectivity index is 2.38. The topological polar surface area (TPSA) is 86.8 Å². The third-order valence-electron chi connectivity index (χ3n) is 5.74. The van der Waals surface area contributed by atoms with Gasteiger partial charge in [-0.1, -0.05) is 67.4 Å². The number of nitrogens with one attached hydrogen (secondary N) is 1. The zero-order valence-corrected chi connectivity index (χ0v) is 22.8. The second kappa shape index (κ2) is 13.1. The molecule has 35 heavy (non-hydrogen) atoms. The van der Waals surface area contributed by atoms with Crippen molar-refractivity contribution in [2.75, 3.05) is 23.7 Å². The summed E-state index contributed by atoms with van der Waals surface area (Å²) in [7, 11) is -3.84. The highest BCUT2D eigenvalue weighted by atomic mass is 35.5. The van der Waals surface area contributed by atoms with Crippen LogP contribution in [0.2, 0.25) is 10.0 Å². The Morgan fingerprint density at radius 1 is 1.00 bits per heavy atom. The Morgan fingerprint density at radius 3 is 2.20 bits per heavy atom. The average molecular weight is 543 g/mol. The second-order valence-corrected chi connectivity index (χ2v) is 11.2. The molecule has 0 saturated carbocycles. The molecular formula is C25H33Cl2N3O4S. The van der Waals surface area contributed by atoms with E-state index in [4.69, 9.17) is 23.2 Å². The molecule has 0 aliphatic rings. The lowest BCUT2D eigenvalue weighted by atomic mass is 10.1. The largest absolute Gasteiger partial charge is 0.352 e. The first-order chi connectivity index (χ1) is 16.5. The molecule has 2 atom stereocenters. The quantitative estimate of drug-likeness (QED) is 0.427. The van der Waals surface area contributed by atoms with Crippen molar-refractivity contribution < 1.29 is 18.0 Å². The van der Waals surface area contributed by atoms with Crippen LogP contribution < -0.4 is 9.62 Å². The monoisotopic (exact) mass is 541 g/mol. The van der Waals surface area contributed by atoms with Crippen LogP contribution in [0.5, 0.6) is 0 Å². The van der Waals surface area contributed by atoms with Gasteiger partial charge in [-0.2, -0.15) is 0 Å². The Hall–Kier alpha value is -2.29. The van der Waals surface area contributed by atoms with Crippen LogP contribution in [-0.2, 0) is 26.0 Å². The maximum atomic E-state index is 13.6. The van der Waals surface area contributed by atoms with Crippen LogP contribution >= 0.6 is 23.2 Å². The van der Waals surface area contributed by atoms with Gasteiger partial charge in [0.15, 0.2) is 0 Å². The van der Waals surface area contributed by atoms with E-state index in [0.717, 1.165) is 22.5 Å². The van der Waals surface area contributed by atoms with Gasteiger partial charge in [0.05, 0.1) is 22.0 Å². The smallest absolute Gasteiger partial charge is 0.244 e. The van der Waals surface area contributed by atoms with Crippen molar-refractivity contribution in [1.82, 2.24) is 10.2 Å². The molecule has 0 radical (unpaired) electrons. The minimum Gasteiger partial charge on any atom is -0.352 e. The van der Waals surface area contributed by atoms with Gasteiger partial charge in [0.25, 0.3) is 0 Å². The minimum absolute atomic E-state index is 0.0497. The van der Waals surface area contributed by atoms with E-state index < -0.39 is 28.5 Å². The highest BCUT2D eigenvalue weighted by Gasteiger charge is 2.32. The number of rotatable bonds is 12. The molecule has 7 nitrogen and oxygen atoms in total. The maximum absolute atomic E-state index is 13.6. The number of benzene rings is 2. The number of hydrogen-bond acceptors (Lipinski definition) is 4. The van der Waals surface area contributed by atoms with Gasteiger partial charge in [-0.3, -0.25) is 13.9 Å². The van der Waals surface area contributed by atoms with E-state index in [0.29, 0.717) is 12.8 Å². The summed E-state index contributed by atoms with van der Waals surface area (Å²) < 4.78 is 26.2. The number of carbonyl (C=O) groups excluding carboxylic acids is 2. The molecule has 2 rings (SSSR count). The minimum atomic E-state index is -3.84. The van der Waals surface area contributed by atoms with E-state index in [-0.39, 0.29) is 34.2 Å². The zero-order chi connectivity index (χ0) is 26.2. The van der Waals surface area contributed by atoms with Gasteiger partial charge in [0, 0.05) is 12.6 Å². The first-order valence-corrected chi connectivity index (χ1v) is 14.1. The predicted molar refractivity (Wildman–Crippen MR) is 142 cm³/mol. The van der Waals surface area contributed by atoms with E-state index in [2.05, 4.69) is 5.32 Å². The summed E-state index contributed by atoms with van der Waals surface area (Å²) in [5.74, 6) is -0.743. The highest BCUT2D eigenvalue weighted by molar-refractivity contribution is 7.92. The number of anilines is 1. The van der Waals surface area contributed by atoms with E-state index in [9.17, 15) is 18.0 Å². The standard InChI is InChI=1S/C25H33Cl2N3O4S/c1-5-18(3)28-25(32)23(6-2)29(15-14-19-10-8-7-9-11-19)24(31)17-30(35(4,33)34)20-12-13-21(26)22(27)16-20/h7-13,16,18,23H,5-6,14-15,17H2,1-4H3,(H,28,32). The summed E-state index contributed by atoms with van der Waals surface area (Å²) in [4.78, 5) is 28.1. The van der Waals surface area contributed by atoms with E-state index in [1.54, 1.807) is 0 Å². The molecule has 0 aliphatic carbocycles. The van der Waals surface area contributed by atoms with Gasteiger partial charge in [-0.25, -0.2) is 8.42 Å². The fraction of sp³-hybridized carbons (Fsp3) is 0.440. The summed E-state index contributed by atoms with van der Waals surface area (Å²) >= 11 is 12.1. The summed E-state index contributed by atoms with van der Waals surface area (Å²) in [6, 6.07) is 13.2. The Bertz CT molecular complexity index is 1110. The van der Waals surface area contributed by atoms with Crippen LogP contribution in [0.4, 0.5) is 5.69 Å². The summed E-state index contributed by atoms with van der Waals surface area (Å²) in [6.07, 6.45) is 2.67. The average Bonchev–Trinajstić information content (AvgIpc) is 2.81. The van der Waals surface area contributed by atoms with Crippen molar-refractivity contribution in [3.05, 3.63) is 64.1 Å². The summed E-state index contributed by atoms with van der Waals surface area (Å²) in [5, 5.41) is 3.39. The van der Waals surface area contributed by atoms with Gasteiger partial charge in [-0.15, -0.1) is 0 Å². The zero-order valence-electron chi connectivity index (χ0n) is 20.5. The molecule has 0 bridgehead atoms. The molecule has 0 spiro atoms. The molecule has 0 saturated heterocycles. The first-order valence-electron chi connectivity index (χ1n) is 11.5. The van der Waals surface area contributed by atoms with E-state index in [1.807, 2.05) is 51.1 Å². The summed E-state index contributed by atoms with van der Waals surface area (Å²) in [6.45, 7) is 5.48. The molecule has 0 aliphatic heterocycles. The number of nitrogens with zero attached hydrogens (tertiary/aromatic N) is 2. The molecule has 2 amide bonds. The SMILES string of the molecule is CCC(C)NC(=O)C(CC)N(CCc1ccccc1)C(=O)CN(c1ccc(Cl)c(Cl)c1)S(C)(=O)=O. The lowest BCUT2D eigenvalue weighted by molar-refractivity contribution is -0.139. The van der Waals surface area contributed by atoms with Gasteiger partial charge in [-0.05, 0) is 49.9 Å². The molecular weight excluding hydrogens is 509 g/mol. The Labute approximate surface area is 218 Å².